The molecule has 6 heavy (non-hydrogen) atoms. The van der Waals surface area contributed by atoms with Crippen molar-refractivity contribution in [1.82, 2.24) is 0 Å². The SMILES string of the molecule is [CH2-]CCC[CH]=[W]. The van der Waals surface area contributed by atoms with E-state index >= 15 is 0 Å². The van der Waals surface area contributed by atoms with Crippen LogP contribution < -0.4 is 0 Å². The molecule has 0 aromatic carbocycles. The summed E-state index contributed by atoms with van der Waals surface area (Å²) in [5, 5.41) is 0. The molecule has 0 saturated carbocycles. The third kappa shape index (κ3) is 4.56. The first-order valence-electron chi connectivity index (χ1n) is 2.14. The summed E-state index contributed by atoms with van der Waals surface area (Å²) >= 11 is 1.58. The summed E-state index contributed by atoms with van der Waals surface area (Å²) in [5.74, 6) is 0. The van der Waals surface area contributed by atoms with Crippen LogP contribution in [0.2, 0.25) is 0 Å². The quantitative estimate of drug-likeness (QED) is 0.526. The van der Waals surface area contributed by atoms with Gasteiger partial charge in [-0.1, -0.05) is 0 Å². The van der Waals surface area contributed by atoms with Gasteiger partial charge in [0, 0.05) is 0 Å². The molecule has 0 aliphatic heterocycles. The van der Waals surface area contributed by atoms with E-state index in [2.05, 4.69) is 11.3 Å². The Kier molecular flexibility index (Phi) is 6.08. The van der Waals surface area contributed by atoms with Crippen molar-refractivity contribution in [2.24, 2.45) is 0 Å². The third-order valence-electron chi connectivity index (χ3n) is 0.572. The zero-order valence-electron chi connectivity index (χ0n) is 3.81. The van der Waals surface area contributed by atoms with Gasteiger partial charge in [-0.2, -0.15) is 0 Å². The van der Waals surface area contributed by atoms with Crippen molar-refractivity contribution in [2.75, 3.05) is 0 Å². The topological polar surface area (TPSA) is 0 Å². The van der Waals surface area contributed by atoms with E-state index in [1.165, 1.54) is 12.8 Å². The zero-order chi connectivity index (χ0) is 4.83. The summed E-state index contributed by atoms with van der Waals surface area (Å²) in [6.07, 6.45) is 3.62. The molecule has 0 saturated heterocycles. The molecule has 1 heteroatoms. The van der Waals surface area contributed by atoms with Gasteiger partial charge in [0.05, 0.1) is 0 Å². The van der Waals surface area contributed by atoms with Crippen molar-refractivity contribution in [3.05, 3.63) is 6.92 Å². The average Bonchev–Trinajstić information content (AvgIpc) is 1.61. The Balaban J connectivity index is 2.49. The van der Waals surface area contributed by atoms with Gasteiger partial charge < -0.3 is 0 Å². The fourth-order valence-corrected chi connectivity index (χ4v) is 0.826. The maximum absolute atomic E-state index is 3.71. The van der Waals surface area contributed by atoms with Crippen LogP contribution in [-0.2, 0) is 19.4 Å². The molecule has 36 valence electrons. The molecule has 0 bridgehead atoms. The molecule has 0 N–H and O–H groups in total. The summed E-state index contributed by atoms with van der Waals surface area (Å²) in [4.78, 5) is 0. The van der Waals surface area contributed by atoms with Crippen LogP contribution in [0.1, 0.15) is 19.3 Å². The number of rotatable bonds is 3. The van der Waals surface area contributed by atoms with Gasteiger partial charge in [-0.25, -0.2) is 0 Å². The van der Waals surface area contributed by atoms with E-state index in [0.717, 1.165) is 6.42 Å². The van der Waals surface area contributed by atoms with E-state index in [9.17, 15) is 0 Å². The Morgan fingerprint density at radius 2 is 2.33 bits per heavy atom. The van der Waals surface area contributed by atoms with Crippen molar-refractivity contribution in [1.29, 1.82) is 0 Å². The van der Waals surface area contributed by atoms with Gasteiger partial charge in [-0.3, -0.25) is 0 Å². The Morgan fingerprint density at radius 3 is 2.50 bits per heavy atom. The second kappa shape index (κ2) is 5.56. The van der Waals surface area contributed by atoms with Crippen LogP contribution in [0.3, 0.4) is 0 Å². The van der Waals surface area contributed by atoms with Crippen molar-refractivity contribution in [3.8, 4) is 0 Å². The summed E-state index contributed by atoms with van der Waals surface area (Å²) in [6.45, 7) is 3.71. The standard InChI is InChI=1S/C5H9.W/c1-3-5-4-2;/h1H,2-5H2;/q-1;. The Hall–Kier alpha value is 0.558. The van der Waals surface area contributed by atoms with E-state index in [4.69, 9.17) is 0 Å². The molecule has 0 fully saturated rings. The van der Waals surface area contributed by atoms with Crippen molar-refractivity contribution < 1.29 is 19.4 Å². The van der Waals surface area contributed by atoms with E-state index < -0.39 is 0 Å². The van der Waals surface area contributed by atoms with Gasteiger partial charge in [0.1, 0.15) is 0 Å². The molecule has 0 aromatic heterocycles. The summed E-state index contributed by atoms with van der Waals surface area (Å²) in [5.41, 5.74) is 0. The van der Waals surface area contributed by atoms with Crippen LogP contribution in [0, 0.1) is 6.92 Å². The molecule has 0 radical (unpaired) electrons. The van der Waals surface area contributed by atoms with Crippen LogP contribution in [0.15, 0.2) is 0 Å². The number of unbranched alkanes of at least 4 members (excludes halogenated alkanes) is 2. The first kappa shape index (κ1) is 6.56. The van der Waals surface area contributed by atoms with E-state index in [1.54, 1.807) is 19.4 Å². The van der Waals surface area contributed by atoms with E-state index in [-0.39, 0.29) is 0 Å². The summed E-state index contributed by atoms with van der Waals surface area (Å²) in [6, 6.07) is 0. The molecular weight excluding hydrogens is 244 g/mol. The molecule has 0 unspecified atom stereocenters. The molecule has 0 nitrogen and oxygen atoms in total. The molecule has 0 heterocycles. The van der Waals surface area contributed by atoms with Gasteiger partial charge >= 0.3 is 49.9 Å². The van der Waals surface area contributed by atoms with Crippen LogP contribution in [0.5, 0.6) is 0 Å². The second-order valence-corrected chi connectivity index (χ2v) is 2.36. The molecular formula is C5H9W-. The van der Waals surface area contributed by atoms with Gasteiger partial charge in [0.2, 0.25) is 0 Å². The predicted molar refractivity (Wildman–Crippen MR) is 25.3 cm³/mol. The first-order chi connectivity index (χ1) is 2.91. The minimum atomic E-state index is 1.09. The second-order valence-electron chi connectivity index (χ2n) is 1.16. The molecule has 0 atom stereocenters. The Labute approximate surface area is 50.4 Å². The van der Waals surface area contributed by atoms with Crippen LogP contribution in [-0.4, -0.2) is 4.40 Å². The molecule has 0 aliphatic carbocycles. The normalized spacial score (nSPS) is 8.17. The summed E-state index contributed by atoms with van der Waals surface area (Å²) in [7, 11) is 0. The van der Waals surface area contributed by atoms with Crippen LogP contribution >= 0.6 is 0 Å². The molecule has 0 aliphatic rings. The monoisotopic (exact) mass is 253 g/mol. The van der Waals surface area contributed by atoms with Crippen molar-refractivity contribution >= 4 is 4.40 Å². The van der Waals surface area contributed by atoms with Crippen molar-refractivity contribution in [3.63, 3.8) is 0 Å². The maximum atomic E-state index is 3.71. The fraction of sp³-hybridized carbons (Fsp3) is 0.600. The van der Waals surface area contributed by atoms with E-state index in [0.29, 0.717) is 0 Å². The number of hydrogen-bond acceptors (Lipinski definition) is 0. The first-order valence-corrected chi connectivity index (χ1v) is 3.84. The van der Waals surface area contributed by atoms with Crippen molar-refractivity contribution in [2.45, 2.75) is 19.3 Å². The third-order valence-corrected chi connectivity index (χ3v) is 1.42. The molecule has 0 aromatic rings. The molecule has 0 amide bonds. The predicted octanol–water partition coefficient (Wildman–Crippen LogP) is 1.34. The van der Waals surface area contributed by atoms with Gasteiger partial charge in [-0.15, -0.1) is 0 Å². The fourth-order valence-electron chi connectivity index (χ4n) is 0.228. The van der Waals surface area contributed by atoms with E-state index in [1.807, 2.05) is 0 Å². The average molecular weight is 253 g/mol. The van der Waals surface area contributed by atoms with Gasteiger partial charge in [0.25, 0.3) is 0 Å². The van der Waals surface area contributed by atoms with Crippen LogP contribution in [0.25, 0.3) is 0 Å². The summed E-state index contributed by atoms with van der Waals surface area (Å²) < 4.78 is 2.26. The molecule has 0 rings (SSSR count). The Bertz CT molecular complexity index is 32.9. The Morgan fingerprint density at radius 1 is 1.67 bits per heavy atom. The molecule has 0 spiro atoms. The van der Waals surface area contributed by atoms with Gasteiger partial charge in [0.15, 0.2) is 0 Å². The van der Waals surface area contributed by atoms with Gasteiger partial charge in [-0.05, 0) is 0 Å². The minimum absolute atomic E-state index is 1.09. The number of hydrogen-bond donors (Lipinski definition) is 0. The zero-order valence-corrected chi connectivity index (χ0v) is 6.75. The van der Waals surface area contributed by atoms with Crippen LogP contribution in [0.4, 0.5) is 0 Å².